The lowest BCUT2D eigenvalue weighted by Crippen LogP contribution is -2.04. The molecule has 0 atom stereocenters. The highest BCUT2D eigenvalue weighted by molar-refractivity contribution is 5.22. The lowest BCUT2D eigenvalue weighted by molar-refractivity contribution is 0.300. The zero-order valence-electron chi connectivity index (χ0n) is 9.14. The molecule has 0 bridgehead atoms. The smallest absolute Gasteiger partial charge is 0.130 e. The molecule has 1 aromatic carbocycles. The van der Waals surface area contributed by atoms with Crippen molar-refractivity contribution in [2.75, 3.05) is 0 Å². The summed E-state index contributed by atoms with van der Waals surface area (Å²) in [6.07, 6.45) is 1.45. The molecule has 4 nitrogen and oxygen atoms in total. The van der Waals surface area contributed by atoms with Crippen LogP contribution in [0.5, 0.6) is 5.75 Å². The van der Waals surface area contributed by atoms with E-state index in [0.29, 0.717) is 18.9 Å². The number of nitrogens with zero attached hydrogens (tertiary/aromatic N) is 2. The second-order valence-electron chi connectivity index (χ2n) is 3.45. The zero-order valence-corrected chi connectivity index (χ0v) is 9.14. The van der Waals surface area contributed by atoms with E-state index in [1.807, 2.05) is 0 Å². The van der Waals surface area contributed by atoms with Crippen LogP contribution in [0, 0.1) is 5.82 Å². The fourth-order valence-electron chi connectivity index (χ4n) is 1.32. The SMILES string of the molecule is NCc1cc(COc2ccc(F)cc2)ncn1. The first kappa shape index (κ1) is 11.5. The van der Waals surface area contributed by atoms with Crippen molar-refractivity contribution < 1.29 is 9.13 Å². The van der Waals surface area contributed by atoms with Gasteiger partial charge in [0, 0.05) is 6.54 Å². The Morgan fingerprint density at radius 3 is 2.53 bits per heavy atom. The molecule has 0 saturated carbocycles. The van der Waals surface area contributed by atoms with E-state index in [4.69, 9.17) is 10.5 Å². The Balaban J connectivity index is 1.99. The minimum atomic E-state index is -0.287. The van der Waals surface area contributed by atoms with Crippen molar-refractivity contribution in [1.29, 1.82) is 0 Å². The first-order chi connectivity index (χ1) is 8.28. The predicted octanol–water partition coefficient (Wildman–Crippen LogP) is 1.65. The highest BCUT2D eigenvalue weighted by Gasteiger charge is 1.99. The Morgan fingerprint density at radius 1 is 1.12 bits per heavy atom. The number of halogens is 1. The molecule has 17 heavy (non-hydrogen) atoms. The van der Waals surface area contributed by atoms with Gasteiger partial charge in [-0.1, -0.05) is 0 Å². The van der Waals surface area contributed by atoms with Crippen molar-refractivity contribution in [2.45, 2.75) is 13.2 Å². The van der Waals surface area contributed by atoms with E-state index in [9.17, 15) is 4.39 Å². The highest BCUT2D eigenvalue weighted by Crippen LogP contribution is 2.12. The molecule has 1 heterocycles. The van der Waals surface area contributed by atoms with Crippen LogP contribution in [0.15, 0.2) is 36.7 Å². The van der Waals surface area contributed by atoms with Gasteiger partial charge in [0.2, 0.25) is 0 Å². The van der Waals surface area contributed by atoms with Gasteiger partial charge in [0.15, 0.2) is 0 Å². The molecule has 2 N–H and O–H groups in total. The minimum absolute atomic E-state index is 0.287. The van der Waals surface area contributed by atoms with Gasteiger partial charge in [-0.15, -0.1) is 0 Å². The Morgan fingerprint density at radius 2 is 1.82 bits per heavy atom. The zero-order chi connectivity index (χ0) is 12.1. The van der Waals surface area contributed by atoms with Crippen LogP contribution < -0.4 is 10.5 Å². The number of rotatable bonds is 4. The van der Waals surface area contributed by atoms with Crippen molar-refractivity contribution in [3.05, 3.63) is 53.9 Å². The molecule has 2 rings (SSSR count). The van der Waals surface area contributed by atoms with Crippen LogP contribution in [0.4, 0.5) is 4.39 Å². The molecule has 2 aromatic rings. The third kappa shape index (κ3) is 3.22. The normalized spacial score (nSPS) is 10.2. The largest absolute Gasteiger partial charge is 0.487 e. The summed E-state index contributed by atoms with van der Waals surface area (Å²) in [5, 5.41) is 0. The molecule has 0 saturated heterocycles. The fourth-order valence-corrected chi connectivity index (χ4v) is 1.32. The molecule has 0 aliphatic heterocycles. The van der Waals surface area contributed by atoms with Crippen LogP contribution in [0.1, 0.15) is 11.4 Å². The van der Waals surface area contributed by atoms with Gasteiger partial charge in [0.1, 0.15) is 24.5 Å². The maximum absolute atomic E-state index is 12.7. The first-order valence-electron chi connectivity index (χ1n) is 5.16. The Labute approximate surface area is 98.3 Å². The third-order valence-corrected chi connectivity index (χ3v) is 2.19. The maximum atomic E-state index is 12.7. The average Bonchev–Trinajstić information content (AvgIpc) is 2.38. The maximum Gasteiger partial charge on any atom is 0.130 e. The second-order valence-corrected chi connectivity index (χ2v) is 3.45. The van der Waals surface area contributed by atoms with Crippen LogP contribution >= 0.6 is 0 Å². The molecule has 0 spiro atoms. The average molecular weight is 233 g/mol. The summed E-state index contributed by atoms with van der Waals surface area (Å²) in [7, 11) is 0. The molecular formula is C12H12FN3O. The van der Waals surface area contributed by atoms with Crippen molar-refractivity contribution in [3.63, 3.8) is 0 Å². The molecule has 0 unspecified atom stereocenters. The number of ether oxygens (including phenoxy) is 1. The van der Waals surface area contributed by atoms with Crippen LogP contribution in [0.3, 0.4) is 0 Å². The molecule has 1 aromatic heterocycles. The van der Waals surface area contributed by atoms with Crippen LogP contribution in [-0.4, -0.2) is 9.97 Å². The van der Waals surface area contributed by atoms with E-state index in [2.05, 4.69) is 9.97 Å². The Kier molecular flexibility index (Phi) is 3.62. The standard InChI is InChI=1S/C12H12FN3O/c13-9-1-3-12(4-2-9)17-7-11-5-10(6-14)15-8-16-11/h1-5,8H,6-7,14H2. The summed E-state index contributed by atoms with van der Waals surface area (Å²) in [6, 6.07) is 7.62. The summed E-state index contributed by atoms with van der Waals surface area (Å²) in [5.41, 5.74) is 6.97. The van der Waals surface area contributed by atoms with E-state index in [0.717, 1.165) is 11.4 Å². The molecule has 0 aliphatic rings. The minimum Gasteiger partial charge on any atom is -0.487 e. The number of hydrogen-bond acceptors (Lipinski definition) is 4. The molecule has 5 heteroatoms. The molecule has 0 fully saturated rings. The topological polar surface area (TPSA) is 61.0 Å². The summed E-state index contributed by atoms with van der Waals surface area (Å²) >= 11 is 0. The Bertz CT molecular complexity index is 487. The summed E-state index contributed by atoms with van der Waals surface area (Å²) in [6.45, 7) is 0.674. The summed E-state index contributed by atoms with van der Waals surface area (Å²) in [4.78, 5) is 8.04. The molecule has 0 radical (unpaired) electrons. The van der Waals surface area contributed by atoms with E-state index >= 15 is 0 Å². The van der Waals surface area contributed by atoms with Crippen molar-refractivity contribution >= 4 is 0 Å². The van der Waals surface area contributed by atoms with Crippen LogP contribution in [0.2, 0.25) is 0 Å². The van der Waals surface area contributed by atoms with Crippen LogP contribution in [0.25, 0.3) is 0 Å². The Hall–Kier alpha value is -2.01. The number of aromatic nitrogens is 2. The number of hydrogen-bond donors (Lipinski definition) is 1. The molecule has 0 aliphatic carbocycles. The fraction of sp³-hybridized carbons (Fsp3) is 0.167. The van der Waals surface area contributed by atoms with Crippen molar-refractivity contribution in [1.82, 2.24) is 9.97 Å². The van der Waals surface area contributed by atoms with Gasteiger partial charge in [-0.2, -0.15) is 0 Å². The summed E-state index contributed by atoms with van der Waals surface area (Å²) < 4.78 is 18.1. The lowest BCUT2D eigenvalue weighted by Gasteiger charge is -2.06. The number of nitrogens with two attached hydrogens (primary N) is 1. The predicted molar refractivity (Wildman–Crippen MR) is 60.7 cm³/mol. The van der Waals surface area contributed by atoms with Crippen molar-refractivity contribution in [3.8, 4) is 5.75 Å². The highest BCUT2D eigenvalue weighted by atomic mass is 19.1. The monoisotopic (exact) mass is 233 g/mol. The van der Waals surface area contributed by atoms with Gasteiger partial charge in [-0.25, -0.2) is 14.4 Å². The van der Waals surface area contributed by atoms with E-state index in [1.165, 1.54) is 18.5 Å². The van der Waals surface area contributed by atoms with E-state index < -0.39 is 0 Å². The van der Waals surface area contributed by atoms with Gasteiger partial charge < -0.3 is 10.5 Å². The van der Waals surface area contributed by atoms with E-state index in [1.54, 1.807) is 18.2 Å². The van der Waals surface area contributed by atoms with Crippen LogP contribution in [-0.2, 0) is 13.2 Å². The quantitative estimate of drug-likeness (QED) is 0.872. The van der Waals surface area contributed by atoms with Gasteiger partial charge in [0.25, 0.3) is 0 Å². The van der Waals surface area contributed by atoms with Gasteiger partial charge in [-0.3, -0.25) is 0 Å². The molecule has 88 valence electrons. The van der Waals surface area contributed by atoms with Gasteiger partial charge in [0.05, 0.1) is 11.4 Å². The molecular weight excluding hydrogens is 221 g/mol. The van der Waals surface area contributed by atoms with Crippen molar-refractivity contribution in [2.24, 2.45) is 5.73 Å². The lowest BCUT2D eigenvalue weighted by atomic mass is 10.3. The number of benzene rings is 1. The van der Waals surface area contributed by atoms with E-state index in [-0.39, 0.29) is 5.82 Å². The third-order valence-electron chi connectivity index (χ3n) is 2.19. The second kappa shape index (κ2) is 5.36. The van der Waals surface area contributed by atoms with Gasteiger partial charge in [-0.05, 0) is 30.3 Å². The first-order valence-corrected chi connectivity index (χ1v) is 5.16. The molecule has 0 amide bonds. The van der Waals surface area contributed by atoms with Gasteiger partial charge >= 0.3 is 0 Å². The summed E-state index contributed by atoms with van der Waals surface area (Å²) in [5.74, 6) is 0.309.